The Bertz CT molecular complexity index is 440. The molecule has 66 valence electrons. The van der Waals surface area contributed by atoms with Gasteiger partial charge >= 0.3 is 0 Å². The monoisotopic (exact) mass is 192 g/mol. The molecular formula is C10H9ClN2. The van der Waals surface area contributed by atoms with Crippen LogP contribution in [0.15, 0.2) is 30.5 Å². The maximum absolute atomic E-state index is 6.10. The van der Waals surface area contributed by atoms with E-state index in [1.54, 1.807) is 6.20 Å². The molecule has 0 saturated heterocycles. The Morgan fingerprint density at radius 3 is 2.92 bits per heavy atom. The van der Waals surface area contributed by atoms with Gasteiger partial charge in [0.1, 0.15) is 0 Å². The zero-order chi connectivity index (χ0) is 9.26. The van der Waals surface area contributed by atoms with Crippen LogP contribution in [0, 0.1) is 0 Å². The first-order valence-electron chi connectivity index (χ1n) is 4.05. The van der Waals surface area contributed by atoms with Crippen molar-refractivity contribution in [2.75, 3.05) is 0 Å². The van der Waals surface area contributed by atoms with E-state index in [2.05, 4.69) is 4.98 Å². The van der Waals surface area contributed by atoms with Gasteiger partial charge in [0.15, 0.2) is 0 Å². The van der Waals surface area contributed by atoms with Crippen molar-refractivity contribution in [3.05, 3.63) is 41.0 Å². The van der Waals surface area contributed by atoms with Crippen molar-refractivity contribution < 1.29 is 0 Å². The Balaban J connectivity index is 2.79. The fourth-order valence-corrected chi connectivity index (χ4v) is 1.61. The molecule has 1 aromatic carbocycles. The van der Waals surface area contributed by atoms with E-state index in [-0.39, 0.29) is 0 Å². The van der Waals surface area contributed by atoms with Gasteiger partial charge in [-0.15, -0.1) is 0 Å². The quantitative estimate of drug-likeness (QED) is 0.754. The molecule has 1 aromatic heterocycles. The summed E-state index contributed by atoms with van der Waals surface area (Å²) in [5.74, 6) is 0. The minimum Gasteiger partial charge on any atom is -0.326 e. The van der Waals surface area contributed by atoms with Crippen molar-refractivity contribution in [2.24, 2.45) is 5.73 Å². The summed E-state index contributed by atoms with van der Waals surface area (Å²) in [7, 11) is 0. The van der Waals surface area contributed by atoms with Crippen LogP contribution in [-0.4, -0.2) is 4.98 Å². The third kappa shape index (κ3) is 1.39. The summed E-state index contributed by atoms with van der Waals surface area (Å²) in [6, 6.07) is 7.79. The minimum absolute atomic E-state index is 0.450. The van der Waals surface area contributed by atoms with Gasteiger partial charge < -0.3 is 5.73 Å². The van der Waals surface area contributed by atoms with E-state index in [9.17, 15) is 0 Å². The SMILES string of the molecule is NCc1ccc2cccnc2c1Cl. The van der Waals surface area contributed by atoms with Crippen molar-refractivity contribution >= 4 is 22.5 Å². The van der Waals surface area contributed by atoms with E-state index < -0.39 is 0 Å². The lowest BCUT2D eigenvalue weighted by molar-refractivity contribution is 1.07. The first-order valence-corrected chi connectivity index (χ1v) is 4.43. The molecule has 0 saturated carbocycles. The van der Waals surface area contributed by atoms with Crippen LogP contribution in [0.4, 0.5) is 0 Å². The van der Waals surface area contributed by atoms with Crippen LogP contribution < -0.4 is 5.73 Å². The van der Waals surface area contributed by atoms with Gasteiger partial charge in [-0.2, -0.15) is 0 Å². The van der Waals surface area contributed by atoms with Gasteiger partial charge in [-0.1, -0.05) is 29.8 Å². The number of halogens is 1. The highest BCUT2D eigenvalue weighted by molar-refractivity contribution is 6.35. The molecule has 0 unspecified atom stereocenters. The molecule has 0 amide bonds. The summed E-state index contributed by atoms with van der Waals surface area (Å²) in [5, 5.41) is 1.71. The molecule has 2 rings (SSSR count). The van der Waals surface area contributed by atoms with Crippen molar-refractivity contribution in [2.45, 2.75) is 6.54 Å². The zero-order valence-electron chi connectivity index (χ0n) is 7.00. The second kappa shape index (κ2) is 3.32. The summed E-state index contributed by atoms with van der Waals surface area (Å²) in [5.41, 5.74) is 7.29. The van der Waals surface area contributed by atoms with Gasteiger partial charge in [-0.3, -0.25) is 4.98 Å². The summed E-state index contributed by atoms with van der Waals surface area (Å²) >= 11 is 6.10. The van der Waals surface area contributed by atoms with E-state index in [0.29, 0.717) is 11.6 Å². The van der Waals surface area contributed by atoms with Gasteiger partial charge in [0.05, 0.1) is 10.5 Å². The van der Waals surface area contributed by atoms with E-state index >= 15 is 0 Å². The second-order valence-corrected chi connectivity index (χ2v) is 3.20. The van der Waals surface area contributed by atoms with Gasteiger partial charge in [0, 0.05) is 18.1 Å². The van der Waals surface area contributed by atoms with Gasteiger partial charge in [-0.25, -0.2) is 0 Å². The summed E-state index contributed by atoms with van der Waals surface area (Å²) in [6.45, 7) is 0.450. The molecule has 0 aliphatic carbocycles. The van der Waals surface area contributed by atoms with E-state index in [1.807, 2.05) is 24.3 Å². The lowest BCUT2D eigenvalue weighted by Crippen LogP contribution is -1.97. The lowest BCUT2D eigenvalue weighted by atomic mass is 10.1. The van der Waals surface area contributed by atoms with Crippen LogP contribution in [-0.2, 0) is 6.54 Å². The first kappa shape index (κ1) is 8.48. The topological polar surface area (TPSA) is 38.9 Å². The molecule has 1 heterocycles. The minimum atomic E-state index is 0.450. The summed E-state index contributed by atoms with van der Waals surface area (Å²) in [6.07, 6.45) is 1.73. The summed E-state index contributed by atoms with van der Waals surface area (Å²) in [4.78, 5) is 4.20. The van der Waals surface area contributed by atoms with Crippen LogP contribution in [0.3, 0.4) is 0 Å². The molecule has 0 bridgehead atoms. The lowest BCUT2D eigenvalue weighted by Gasteiger charge is -2.03. The van der Waals surface area contributed by atoms with E-state index in [1.165, 1.54) is 0 Å². The Labute approximate surface area is 81.3 Å². The average Bonchev–Trinajstić information content (AvgIpc) is 2.19. The highest BCUT2D eigenvalue weighted by Gasteiger charge is 2.03. The van der Waals surface area contributed by atoms with Crippen molar-refractivity contribution in [1.82, 2.24) is 4.98 Å². The fraction of sp³-hybridized carbons (Fsp3) is 0.100. The zero-order valence-corrected chi connectivity index (χ0v) is 7.75. The van der Waals surface area contributed by atoms with Crippen molar-refractivity contribution in [3.8, 4) is 0 Å². The average molecular weight is 193 g/mol. The molecule has 2 aromatic rings. The number of rotatable bonds is 1. The number of hydrogen-bond acceptors (Lipinski definition) is 2. The fourth-order valence-electron chi connectivity index (χ4n) is 1.31. The normalized spacial score (nSPS) is 10.6. The molecule has 2 N–H and O–H groups in total. The van der Waals surface area contributed by atoms with Crippen LogP contribution in [0.25, 0.3) is 10.9 Å². The maximum atomic E-state index is 6.10. The Kier molecular flexibility index (Phi) is 2.17. The molecule has 0 radical (unpaired) electrons. The second-order valence-electron chi connectivity index (χ2n) is 2.82. The number of nitrogens with two attached hydrogens (primary N) is 1. The Hall–Kier alpha value is -1.12. The molecule has 13 heavy (non-hydrogen) atoms. The molecule has 0 fully saturated rings. The van der Waals surface area contributed by atoms with Crippen LogP contribution in [0.1, 0.15) is 5.56 Å². The van der Waals surface area contributed by atoms with E-state index in [4.69, 9.17) is 17.3 Å². The number of benzene rings is 1. The highest BCUT2D eigenvalue weighted by atomic mass is 35.5. The summed E-state index contributed by atoms with van der Waals surface area (Å²) < 4.78 is 0. The molecule has 2 nitrogen and oxygen atoms in total. The molecule has 0 aliphatic rings. The largest absolute Gasteiger partial charge is 0.326 e. The maximum Gasteiger partial charge on any atom is 0.0891 e. The number of aromatic nitrogens is 1. The predicted molar refractivity (Wildman–Crippen MR) is 54.6 cm³/mol. The standard InChI is InChI=1S/C10H9ClN2/c11-9-8(6-12)4-3-7-2-1-5-13-10(7)9/h1-5H,6,12H2. The molecule has 3 heteroatoms. The molecular weight excluding hydrogens is 184 g/mol. The third-order valence-electron chi connectivity index (χ3n) is 2.01. The molecule has 0 spiro atoms. The van der Waals surface area contributed by atoms with Gasteiger partial charge in [0.2, 0.25) is 0 Å². The highest BCUT2D eigenvalue weighted by Crippen LogP contribution is 2.24. The van der Waals surface area contributed by atoms with Crippen LogP contribution in [0.5, 0.6) is 0 Å². The smallest absolute Gasteiger partial charge is 0.0891 e. The van der Waals surface area contributed by atoms with Crippen LogP contribution >= 0.6 is 11.6 Å². The van der Waals surface area contributed by atoms with Crippen LogP contribution in [0.2, 0.25) is 5.02 Å². The number of fused-ring (bicyclic) bond motifs is 1. The Morgan fingerprint density at radius 1 is 1.31 bits per heavy atom. The van der Waals surface area contributed by atoms with E-state index in [0.717, 1.165) is 16.5 Å². The van der Waals surface area contributed by atoms with Gasteiger partial charge in [-0.05, 0) is 11.6 Å². The predicted octanol–water partition coefficient (Wildman–Crippen LogP) is 2.35. The first-order chi connectivity index (χ1) is 6.33. The van der Waals surface area contributed by atoms with Crippen molar-refractivity contribution in [3.63, 3.8) is 0 Å². The van der Waals surface area contributed by atoms with Gasteiger partial charge in [0.25, 0.3) is 0 Å². The molecule has 0 atom stereocenters. The molecule has 0 aliphatic heterocycles. The van der Waals surface area contributed by atoms with Crippen molar-refractivity contribution in [1.29, 1.82) is 0 Å². The number of nitrogens with zero attached hydrogens (tertiary/aromatic N) is 1. The Morgan fingerprint density at radius 2 is 2.15 bits per heavy atom. The number of pyridine rings is 1. The number of hydrogen-bond donors (Lipinski definition) is 1. The third-order valence-corrected chi connectivity index (χ3v) is 2.43.